The Hall–Kier alpha value is -4.70. The molecular weight excluding hydrogens is 690 g/mol. The van der Waals surface area contributed by atoms with E-state index in [1.807, 2.05) is 6.20 Å². The summed E-state index contributed by atoms with van der Waals surface area (Å²) in [5, 5.41) is 23.5. The van der Waals surface area contributed by atoms with Crippen molar-refractivity contribution in [1.29, 1.82) is 0 Å². The van der Waals surface area contributed by atoms with Gasteiger partial charge < -0.3 is 20.5 Å². The van der Waals surface area contributed by atoms with Crippen molar-refractivity contribution in [2.24, 2.45) is 16.8 Å². The Morgan fingerprint density at radius 1 is 0.942 bits per heavy atom. The number of nitrogens with zero attached hydrogens (tertiary/aromatic N) is 6. The van der Waals surface area contributed by atoms with Gasteiger partial charge in [0.25, 0.3) is 0 Å². The molecule has 3 aliphatic heterocycles. The van der Waals surface area contributed by atoms with Crippen LogP contribution in [0.2, 0.25) is 5.02 Å². The highest BCUT2D eigenvalue weighted by Gasteiger charge is 2.40. The number of aromatic nitrogens is 2. The molecule has 0 amide bonds. The van der Waals surface area contributed by atoms with Crippen LogP contribution in [0.5, 0.6) is 0 Å². The molecular formula is C39H36ClF2N6O4-. The van der Waals surface area contributed by atoms with E-state index < -0.39 is 23.6 Å². The predicted octanol–water partition coefficient (Wildman–Crippen LogP) is 5.85. The number of piperidine rings is 1. The number of benzene rings is 2. The van der Waals surface area contributed by atoms with Crippen LogP contribution in [0, 0.1) is 35.3 Å². The molecule has 0 spiro atoms. The lowest BCUT2D eigenvalue weighted by Gasteiger charge is -2.47. The van der Waals surface area contributed by atoms with Gasteiger partial charge in [-0.3, -0.25) is 19.4 Å². The molecule has 1 atom stereocenters. The fourth-order valence-electron chi connectivity index (χ4n) is 7.86. The van der Waals surface area contributed by atoms with Gasteiger partial charge in [-0.05, 0) is 86.4 Å². The highest BCUT2D eigenvalue weighted by atomic mass is 35.5. The molecule has 2 N–H and O–H groups in total. The van der Waals surface area contributed by atoms with Gasteiger partial charge in [-0.15, -0.1) is 0 Å². The molecule has 2 saturated carbocycles. The molecule has 1 unspecified atom stereocenters. The number of likely N-dealkylation sites (tertiary alicyclic amines) is 1. The lowest BCUT2D eigenvalue weighted by atomic mass is 9.78. The van der Waals surface area contributed by atoms with Crippen LogP contribution in [0.1, 0.15) is 60.3 Å². The van der Waals surface area contributed by atoms with Crippen LogP contribution in [0.4, 0.5) is 8.78 Å². The van der Waals surface area contributed by atoms with E-state index in [9.17, 15) is 19.8 Å². The SMILES string of the molecule is O=C(O)C1CC(N2CCC3[N-]C(C#Cc4ccc(Cl)c(-c5cc(F)c(Cc6ncc7c(n6)CCN(C6CC(C(=O)O)C6)C7)c(F)c5)c4)=NC=C3C2)C1. The molecule has 3 fully saturated rings. The second-order valence-electron chi connectivity index (χ2n) is 14.4. The van der Waals surface area contributed by atoms with Crippen LogP contribution < -0.4 is 0 Å². The third-order valence-electron chi connectivity index (χ3n) is 11.2. The number of fused-ring (bicyclic) bond motifs is 2. The van der Waals surface area contributed by atoms with E-state index in [-0.39, 0.29) is 47.5 Å². The highest BCUT2D eigenvalue weighted by Crippen LogP contribution is 2.37. The number of aliphatic carboxylic acids is 2. The summed E-state index contributed by atoms with van der Waals surface area (Å²) in [6.45, 7) is 2.95. The fourth-order valence-corrected chi connectivity index (χ4v) is 8.08. The standard InChI is InChI=1S/C39H37ClF2N6O4/c40-31-3-1-21(2-4-36-43-17-25-19-47(7-5-34(25)45-36)27-10-23(11-27)38(49)50)9-29(31)22-14-32(41)30(33(42)15-22)16-37-44-18-26-20-48(8-6-35(26)46-37)28-12-24(13-28)39(51)52/h1,3,9,14-15,17-18,23-24,27-28,34H,5-8,10-13,16,19-20H2,(H3,43,45,49,50,51,52)/p-1. The third kappa shape index (κ3) is 6.93. The van der Waals surface area contributed by atoms with Crippen LogP contribution in [0.15, 0.2) is 53.3 Å². The van der Waals surface area contributed by atoms with Gasteiger partial charge in [0.2, 0.25) is 0 Å². The van der Waals surface area contributed by atoms with E-state index in [2.05, 4.69) is 36.6 Å². The zero-order chi connectivity index (χ0) is 36.1. The Kier molecular flexibility index (Phi) is 9.28. The summed E-state index contributed by atoms with van der Waals surface area (Å²) in [5.41, 5.74) is 4.08. The van der Waals surface area contributed by atoms with Gasteiger partial charge in [-0.25, -0.2) is 18.7 Å². The zero-order valence-corrected chi connectivity index (χ0v) is 29.0. The maximum atomic E-state index is 15.5. The average Bonchev–Trinajstić information content (AvgIpc) is 3.07. The number of hydrogen-bond donors (Lipinski definition) is 2. The van der Waals surface area contributed by atoms with E-state index in [1.54, 1.807) is 24.4 Å². The summed E-state index contributed by atoms with van der Waals surface area (Å²) < 4.78 is 31.0. The molecule has 4 heterocycles. The number of aliphatic imine (C=N–C) groups is 1. The van der Waals surface area contributed by atoms with Crippen LogP contribution in [-0.4, -0.2) is 85.5 Å². The summed E-state index contributed by atoms with van der Waals surface area (Å²) in [6.07, 6.45) is 7.56. The molecule has 1 aromatic heterocycles. The van der Waals surface area contributed by atoms with Crippen LogP contribution in [0.3, 0.4) is 0 Å². The molecule has 0 bridgehead atoms. The van der Waals surface area contributed by atoms with Crippen LogP contribution in [-0.2, 0) is 29.0 Å². The molecule has 13 heteroatoms. The van der Waals surface area contributed by atoms with Gasteiger partial charge in [0.1, 0.15) is 17.5 Å². The molecule has 268 valence electrons. The third-order valence-corrected chi connectivity index (χ3v) is 11.5. The number of carbonyl (C=O) groups is 2. The first-order valence-electron chi connectivity index (χ1n) is 17.6. The first kappa shape index (κ1) is 34.4. The predicted molar refractivity (Wildman–Crippen MR) is 190 cm³/mol. The number of hydrogen-bond acceptors (Lipinski definition) is 7. The average molecular weight is 726 g/mol. The van der Waals surface area contributed by atoms with E-state index in [0.717, 1.165) is 42.9 Å². The summed E-state index contributed by atoms with van der Waals surface area (Å²) >= 11 is 6.51. The van der Waals surface area contributed by atoms with E-state index in [1.165, 1.54) is 12.1 Å². The normalized spacial score (nSPS) is 25.5. The molecule has 10 nitrogen and oxygen atoms in total. The lowest BCUT2D eigenvalue weighted by Crippen LogP contribution is -2.51. The zero-order valence-electron chi connectivity index (χ0n) is 28.2. The number of amidine groups is 1. The molecule has 8 rings (SSSR count). The van der Waals surface area contributed by atoms with Crippen molar-refractivity contribution in [2.45, 2.75) is 69.6 Å². The lowest BCUT2D eigenvalue weighted by molar-refractivity contribution is -0.148. The Balaban J connectivity index is 0.924. The molecule has 1 saturated heterocycles. The van der Waals surface area contributed by atoms with Gasteiger partial charge in [0.15, 0.2) is 0 Å². The number of carboxylic acids is 2. The first-order valence-corrected chi connectivity index (χ1v) is 18.0. The van der Waals surface area contributed by atoms with Crippen molar-refractivity contribution in [3.8, 4) is 23.0 Å². The summed E-state index contributed by atoms with van der Waals surface area (Å²) in [5.74, 6) is 3.39. The minimum atomic E-state index is -0.743. The smallest absolute Gasteiger partial charge is 0.306 e. The number of carboxylic acid groups (broad SMARTS) is 2. The van der Waals surface area contributed by atoms with Crippen molar-refractivity contribution < 1.29 is 28.6 Å². The van der Waals surface area contributed by atoms with Crippen LogP contribution in [0.25, 0.3) is 16.4 Å². The van der Waals surface area contributed by atoms with Gasteiger partial charge in [0, 0.05) is 83.7 Å². The second kappa shape index (κ2) is 14.0. The van der Waals surface area contributed by atoms with Crippen molar-refractivity contribution in [3.63, 3.8) is 0 Å². The molecule has 52 heavy (non-hydrogen) atoms. The van der Waals surface area contributed by atoms with E-state index in [0.29, 0.717) is 66.5 Å². The molecule has 0 radical (unpaired) electrons. The first-order chi connectivity index (χ1) is 25.1. The van der Waals surface area contributed by atoms with Gasteiger partial charge in [-0.2, -0.15) is 0 Å². The molecule has 3 aromatic rings. The van der Waals surface area contributed by atoms with Crippen molar-refractivity contribution >= 4 is 29.4 Å². The van der Waals surface area contributed by atoms with Crippen molar-refractivity contribution in [3.05, 3.63) is 98.5 Å². The molecule has 5 aliphatic rings. The van der Waals surface area contributed by atoms with Crippen LogP contribution >= 0.6 is 11.6 Å². The Morgan fingerprint density at radius 2 is 1.63 bits per heavy atom. The summed E-state index contributed by atoms with van der Waals surface area (Å²) in [7, 11) is 0. The molecule has 2 aliphatic carbocycles. The van der Waals surface area contributed by atoms with Gasteiger partial charge >= 0.3 is 11.9 Å². The van der Waals surface area contributed by atoms with E-state index >= 15 is 8.78 Å². The van der Waals surface area contributed by atoms with Gasteiger partial charge in [0.05, 0.1) is 11.8 Å². The highest BCUT2D eigenvalue weighted by molar-refractivity contribution is 6.33. The number of rotatable bonds is 7. The maximum Gasteiger partial charge on any atom is 0.306 e. The Bertz CT molecular complexity index is 2060. The fraction of sp³-hybridized carbons (Fsp3) is 0.410. The summed E-state index contributed by atoms with van der Waals surface area (Å²) in [6, 6.07) is 8.12. The van der Waals surface area contributed by atoms with E-state index in [4.69, 9.17) is 16.9 Å². The monoisotopic (exact) mass is 725 g/mol. The topological polar surface area (TPSA) is 133 Å². The minimum absolute atomic E-state index is 0.0111. The van der Waals surface area contributed by atoms with Crippen molar-refractivity contribution in [2.75, 3.05) is 19.6 Å². The Morgan fingerprint density at radius 3 is 2.33 bits per heavy atom. The quantitative estimate of drug-likeness (QED) is 0.290. The minimum Gasteiger partial charge on any atom is -0.481 e. The largest absolute Gasteiger partial charge is 0.481 e. The van der Waals surface area contributed by atoms with Gasteiger partial charge in [-0.1, -0.05) is 35.2 Å². The Labute approximate surface area is 304 Å². The maximum absolute atomic E-state index is 15.5. The number of halogens is 3. The molecule has 2 aromatic carbocycles. The summed E-state index contributed by atoms with van der Waals surface area (Å²) in [4.78, 5) is 40.5. The van der Waals surface area contributed by atoms with Crippen molar-refractivity contribution in [1.82, 2.24) is 19.8 Å². The second-order valence-corrected chi connectivity index (χ2v) is 14.8.